The summed E-state index contributed by atoms with van der Waals surface area (Å²) < 4.78 is 6.44. The van der Waals surface area contributed by atoms with Gasteiger partial charge in [0, 0.05) is 35.6 Å². The minimum Gasteiger partial charge on any atom is -0.369 e. The van der Waals surface area contributed by atoms with Gasteiger partial charge in [0.15, 0.2) is 0 Å². The first kappa shape index (κ1) is 21.0. The summed E-state index contributed by atoms with van der Waals surface area (Å²) in [6.45, 7) is 3.36. The Kier molecular flexibility index (Phi) is 6.48. The van der Waals surface area contributed by atoms with E-state index in [2.05, 4.69) is 31.0 Å². The number of hydrogen-bond acceptors (Lipinski definition) is 6. The molecule has 3 heterocycles. The highest BCUT2D eigenvalue weighted by molar-refractivity contribution is 9.10. The van der Waals surface area contributed by atoms with Crippen LogP contribution >= 0.6 is 15.9 Å². The number of hydrogen-bond donors (Lipinski definition) is 1. The summed E-state index contributed by atoms with van der Waals surface area (Å²) in [4.78, 5) is 32.9. The van der Waals surface area contributed by atoms with Crippen LogP contribution in [0, 0.1) is 11.8 Å². The summed E-state index contributed by atoms with van der Waals surface area (Å²) >= 11 is 3.42. The molecular formula is C21H26BrN5O3. The van der Waals surface area contributed by atoms with Crippen molar-refractivity contribution < 1.29 is 14.1 Å². The highest BCUT2D eigenvalue weighted by Gasteiger charge is 2.33. The maximum absolute atomic E-state index is 13.0. The molecule has 2 saturated heterocycles. The molecule has 8 nitrogen and oxygen atoms in total. The van der Waals surface area contributed by atoms with E-state index in [1.54, 1.807) is 0 Å². The summed E-state index contributed by atoms with van der Waals surface area (Å²) in [6.07, 6.45) is 3.18. The molecule has 2 aliphatic heterocycles. The molecule has 0 bridgehead atoms. The number of primary amides is 1. The van der Waals surface area contributed by atoms with Crippen molar-refractivity contribution in [3.05, 3.63) is 34.6 Å². The normalized spacial score (nSPS) is 21.0. The third-order valence-corrected chi connectivity index (χ3v) is 6.52. The van der Waals surface area contributed by atoms with E-state index in [0.717, 1.165) is 29.4 Å². The van der Waals surface area contributed by atoms with Gasteiger partial charge in [-0.15, -0.1) is 0 Å². The van der Waals surface area contributed by atoms with Gasteiger partial charge < -0.3 is 15.2 Å². The maximum Gasteiger partial charge on any atom is 0.241 e. The summed E-state index contributed by atoms with van der Waals surface area (Å²) in [5.41, 5.74) is 6.30. The number of halogens is 1. The first-order valence-corrected chi connectivity index (χ1v) is 11.2. The van der Waals surface area contributed by atoms with E-state index >= 15 is 0 Å². The average molecular weight is 476 g/mol. The van der Waals surface area contributed by atoms with Crippen molar-refractivity contribution in [2.24, 2.45) is 17.6 Å². The molecule has 2 aromatic rings. The number of piperidine rings is 2. The van der Waals surface area contributed by atoms with Gasteiger partial charge in [-0.3, -0.25) is 14.5 Å². The van der Waals surface area contributed by atoms with Gasteiger partial charge in [0.05, 0.1) is 12.5 Å². The van der Waals surface area contributed by atoms with Crippen molar-refractivity contribution in [1.29, 1.82) is 0 Å². The Morgan fingerprint density at radius 3 is 2.53 bits per heavy atom. The third-order valence-electron chi connectivity index (χ3n) is 5.99. The van der Waals surface area contributed by atoms with E-state index in [1.807, 2.05) is 29.2 Å². The largest absolute Gasteiger partial charge is 0.369 e. The van der Waals surface area contributed by atoms with Crippen molar-refractivity contribution in [2.75, 3.05) is 26.2 Å². The number of amides is 2. The average Bonchev–Trinajstić information content (AvgIpc) is 3.22. The smallest absolute Gasteiger partial charge is 0.241 e. The van der Waals surface area contributed by atoms with E-state index in [1.165, 1.54) is 0 Å². The number of likely N-dealkylation sites (tertiary alicyclic amines) is 2. The third kappa shape index (κ3) is 4.89. The zero-order valence-electron chi connectivity index (χ0n) is 16.8. The number of benzene rings is 1. The molecule has 30 heavy (non-hydrogen) atoms. The monoisotopic (exact) mass is 475 g/mol. The molecule has 2 fully saturated rings. The van der Waals surface area contributed by atoms with Crippen molar-refractivity contribution >= 4 is 27.7 Å². The predicted molar refractivity (Wildman–Crippen MR) is 114 cm³/mol. The van der Waals surface area contributed by atoms with Crippen LogP contribution in [0.1, 0.15) is 31.6 Å². The molecule has 1 atom stereocenters. The van der Waals surface area contributed by atoms with Crippen molar-refractivity contribution in [2.45, 2.75) is 32.2 Å². The Balaban J connectivity index is 1.33. The van der Waals surface area contributed by atoms with Crippen molar-refractivity contribution in [1.82, 2.24) is 19.9 Å². The number of nitrogens with zero attached hydrogens (tertiary/aromatic N) is 4. The molecule has 1 aromatic heterocycles. The molecule has 9 heteroatoms. The Morgan fingerprint density at radius 2 is 1.83 bits per heavy atom. The lowest BCUT2D eigenvalue weighted by Gasteiger charge is -2.37. The van der Waals surface area contributed by atoms with E-state index in [9.17, 15) is 9.59 Å². The second-order valence-corrected chi connectivity index (χ2v) is 9.01. The Morgan fingerprint density at radius 1 is 1.10 bits per heavy atom. The summed E-state index contributed by atoms with van der Waals surface area (Å²) in [5.74, 6) is 0.923. The predicted octanol–water partition coefficient (Wildman–Crippen LogP) is 2.44. The standard InChI is InChI=1S/C21H26BrN5O3/c22-17-5-3-15(4-6-17)20-24-18(30-25-20)13-26-9-1-2-16(12-26)21(29)27-10-7-14(8-11-27)19(23)28/h3-6,14,16H,1-2,7-13H2,(H2,23,28). The van der Waals surface area contributed by atoms with Crippen LogP contribution < -0.4 is 5.73 Å². The van der Waals surface area contributed by atoms with E-state index in [-0.39, 0.29) is 23.7 Å². The van der Waals surface area contributed by atoms with Gasteiger partial charge >= 0.3 is 0 Å². The first-order chi connectivity index (χ1) is 14.5. The van der Waals surface area contributed by atoms with Crippen LogP contribution in [0.4, 0.5) is 0 Å². The van der Waals surface area contributed by atoms with Crippen LogP contribution in [0.15, 0.2) is 33.3 Å². The molecule has 4 rings (SSSR count). The Hall–Kier alpha value is -2.26. The zero-order chi connectivity index (χ0) is 21.1. The molecule has 160 valence electrons. The van der Waals surface area contributed by atoms with Gasteiger partial charge in [-0.2, -0.15) is 4.98 Å². The van der Waals surface area contributed by atoms with Crippen LogP contribution in [0.3, 0.4) is 0 Å². The molecule has 0 spiro atoms. The fourth-order valence-electron chi connectivity index (χ4n) is 4.27. The minimum atomic E-state index is -0.256. The second-order valence-electron chi connectivity index (χ2n) is 8.09. The first-order valence-electron chi connectivity index (χ1n) is 10.4. The van der Waals surface area contributed by atoms with Crippen LogP contribution in [0.25, 0.3) is 11.4 Å². The summed E-state index contributed by atoms with van der Waals surface area (Å²) in [5, 5.41) is 4.09. The number of aromatic nitrogens is 2. The van der Waals surface area contributed by atoms with Crippen LogP contribution in [-0.4, -0.2) is 57.9 Å². The molecule has 1 unspecified atom stereocenters. The highest BCUT2D eigenvalue weighted by Crippen LogP contribution is 2.25. The fraction of sp³-hybridized carbons (Fsp3) is 0.524. The Labute approximate surface area is 183 Å². The number of carbonyl (C=O) groups is 2. The van der Waals surface area contributed by atoms with E-state index in [0.29, 0.717) is 50.7 Å². The number of nitrogens with two attached hydrogens (primary N) is 1. The number of rotatable bonds is 5. The maximum atomic E-state index is 13.0. The molecule has 0 aliphatic carbocycles. The molecular weight excluding hydrogens is 450 g/mol. The van der Waals surface area contributed by atoms with E-state index in [4.69, 9.17) is 10.3 Å². The van der Waals surface area contributed by atoms with Crippen molar-refractivity contribution in [3.63, 3.8) is 0 Å². The lowest BCUT2D eigenvalue weighted by molar-refractivity contribution is -0.140. The molecule has 2 N–H and O–H groups in total. The molecule has 2 aliphatic rings. The lowest BCUT2D eigenvalue weighted by Crippen LogP contribution is -2.48. The molecule has 2 amide bonds. The quantitative estimate of drug-likeness (QED) is 0.711. The van der Waals surface area contributed by atoms with Gasteiger partial charge in [0.1, 0.15) is 0 Å². The highest BCUT2D eigenvalue weighted by atomic mass is 79.9. The van der Waals surface area contributed by atoms with Crippen molar-refractivity contribution in [3.8, 4) is 11.4 Å². The minimum absolute atomic E-state index is 0.0299. The Bertz CT molecular complexity index is 892. The van der Waals surface area contributed by atoms with Gasteiger partial charge in [0.25, 0.3) is 0 Å². The van der Waals surface area contributed by atoms with Crippen LogP contribution in [0.5, 0.6) is 0 Å². The SMILES string of the molecule is NC(=O)C1CCN(C(=O)C2CCCN(Cc3nc(-c4ccc(Br)cc4)no3)C2)CC1. The fourth-order valence-corrected chi connectivity index (χ4v) is 4.53. The zero-order valence-corrected chi connectivity index (χ0v) is 18.4. The van der Waals surface area contributed by atoms with Crippen LogP contribution in [0.2, 0.25) is 0 Å². The van der Waals surface area contributed by atoms with Crippen LogP contribution in [-0.2, 0) is 16.1 Å². The second kappa shape index (κ2) is 9.26. The van der Waals surface area contributed by atoms with Gasteiger partial charge in [-0.1, -0.05) is 21.1 Å². The van der Waals surface area contributed by atoms with E-state index < -0.39 is 0 Å². The lowest BCUT2D eigenvalue weighted by atomic mass is 9.92. The molecule has 0 saturated carbocycles. The summed E-state index contributed by atoms with van der Waals surface area (Å²) in [6, 6.07) is 7.77. The van der Waals surface area contributed by atoms with Gasteiger partial charge in [-0.25, -0.2) is 0 Å². The van der Waals surface area contributed by atoms with Gasteiger partial charge in [-0.05, 0) is 56.5 Å². The molecule has 0 radical (unpaired) electrons. The van der Waals surface area contributed by atoms with Gasteiger partial charge in [0.2, 0.25) is 23.5 Å². The topological polar surface area (TPSA) is 106 Å². The molecule has 1 aromatic carbocycles. The number of carbonyl (C=O) groups excluding carboxylic acids is 2. The summed E-state index contributed by atoms with van der Waals surface area (Å²) in [7, 11) is 0.